The number of hydrogen-bond donors (Lipinski definition) is 1. The van der Waals surface area contributed by atoms with Gasteiger partial charge in [-0.05, 0) is 38.5 Å². The summed E-state index contributed by atoms with van der Waals surface area (Å²) in [6.45, 7) is 12.8. The first-order valence-corrected chi connectivity index (χ1v) is 8.36. The molecule has 1 aliphatic carbocycles. The van der Waals surface area contributed by atoms with E-state index in [1.54, 1.807) is 0 Å². The minimum atomic E-state index is 0.278. The lowest BCUT2D eigenvalue weighted by Gasteiger charge is -2.54. The molecule has 0 radical (unpaired) electrons. The van der Waals surface area contributed by atoms with E-state index in [-0.39, 0.29) is 5.54 Å². The summed E-state index contributed by atoms with van der Waals surface area (Å²) in [6, 6.07) is 0. The Morgan fingerprint density at radius 1 is 1.17 bits per heavy atom. The molecular weight excluding hydrogens is 240 g/mol. The van der Waals surface area contributed by atoms with Crippen LogP contribution < -0.4 is 5.73 Å². The van der Waals surface area contributed by atoms with Gasteiger partial charge in [0.1, 0.15) is 0 Å². The van der Waals surface area contributed by atoms with Gasteiger partial charge in [-0.1, -0.05) is 20.3 Å². The first kappa shape index (κ1) is 14.7. The molecule has 2 rings (SSSR count). The quantitative estimate of drug-likeness (QED) is 0.836. The average molecular weight is 270 g/mol. The van der Waals surface area contributed by atoms with E-state index in [2.05, 4.69) is 44.4 Å². The Labute approximate surface area is 117 Å². The summed E-state index contributed by atoms with van der Waals surface area (Å²) in [5.41, 5.74) is 6.97. The Morgan fingerprint density at radius 3 is 2.44 bits per heavy atom. The topological polar surface area (TPSA) is 29.3 Å². The van der Waals surface area contributed by atoms with Crippen LogP contribution in [0.25, 0.3) is 0 Å². The molecule has 2 fully saturated rings. The molecule has 2 nitrogen and oxygen atoms in total. The van der Waals surface area contributed by atoms with Crippen molar-refractivity contribution in [1.29, 1.82) is 0 Å². The number of rotatable bonds is 2. The highest BCUT2D eigenvalue weighted by Crippen LogP contribution is 2.45. The van der Waals surface area contributed by atoms with E-state index in [0.29, 0.717) is 10.2 Å². The second-order valence-corrected chi connectivity index (χ2v) is 9.45. The van der Waals surface area contributed by atoms with Gasteiger partial charge in [0.25, 0.3) is 0 Å². The number of nitrogens with zero attached hydrogens (tertiary/aromatic N) is 1. The molecule has 1 aliphatic heterocycles. The standard InChI is InChI=1S/C15H30N2S/c1-13(2)6-5-7-15(10-13,11-16)17-8-9-18-14(3,4)12-17/h5-12,16H2,1-4H3. The highest BCUT2D eigenvalue weighted by Gasteiger charge is 2.45. The van der Waals surface area contributed by atoms with Gasteiger partial charge in [-0.25, -0.2) is 0 Å². The minimum absolute atomic E-state index is 0.278. The molecule has 1 heterocycles. The van der Waals surface area contributed by atoms with Crippen LogP contribution in [0.15, 0.2) is 0 Å². The Morgan fingerprint density at radius 2 is 1.89 bits per heavy atom. The van der Waals surface area contributed by atoms with Crippen molar-refractivity contribution in [1.82, 2.24) is 4.90 Å². The largest absolute Gasteiger partial charge is 0.329 e. The Kier molecular flexibility index (Phi) is 4.07. The summed E-state index contributed by atoms with van der Waals surface area (Å²) >= 11 is 2.11. The zero-order chi connectivity index (χ0) is 13.4. The zero-order valence-electron chi connectivity index (χ0n) is 12.6. The van der Waals surface area contributed by atoms with E-state index in [1.165, 1.54) is 44.5 Å². The fourth-order valence-electron chi connectivity index (χ4n) is 3.96. The third kappa shape index (κ3) is 3.05. The summed E-state index contributed by atoms with van der Waals surface area (Å²) in [5.74, 6) is 1.26. The maximum atomic E-state index is 6.23. The molecule has 1 atom stereocenters. The average Bonchev–Trinajstić information content (AvgIpc) is 2.26. The van der Waals surface area contributed by atoms with Crippen LogP contribution in [0.4, 0.5) is 0 Å². The lowest BCUT2D eigenvalue weighted by molar-refractivity contribution is 0.00705. The van der Waals surface area contributed by atoms with Crippen LogP contribution in [0, 0.1) is 5.41 Å². The van der Waals surface area contributed by atoms with Crippen LogP contribution >= 0.6 is 11.8 Å². The molecule has 0 amide bonds. The maximum Gasteiger partial charge on any atom is 0.0337 e. The molecule has 0 bridgehead atoms. The van der Waals surface area contributed by atoms with Crippen LogP contribution in [0.1, 0.15) is 53.4 Å². The second-order valence-electron chi connectivity index (χ2n) is 7.65. The fourth-order valence-corrected chi connectivity index (χ4v) is 5.07. The van der Waals surface area contributed by atoms with E-state index in [0.717, 1.165) is 6.54 Å². The molecule has 1 unspecified atom stereocenters. The summed E-state index contributed by atoms with van der Waals surface area (Å²) < 4.78 is 0.391. The van der Waals surface area contributed by atoms with Crippen molar-refractivity contribution in [2.75, 3.05) is 25.4 Å². The lowest BCUT2D eigenvalue weighted by Crippen LogP contribution is -2.62. The predicted molar refractivity (Wildman–Crippen MR) is 82.1 cm³/mol. The van der Waals surface area contributed by atoms with Crippen LogP contribution in [0.5, 0.6) is 0 Å². The van der Waals surface area contributed by atoms with E-state index in [4.69, 9.17) is 5.73 Å². The van der Waals surface area contributed by atoms with E-state index < -0.39 is 0 Å². The zero-order valence-corrected chi connectivity index (χ0v) is 13.4. The monoisotopic (exact) mass is 270 g/mol. The van der Waals surface area contributed by atoms with Crippen molar-refractivity contribution < 1.29 is 0 Å². The SMILES string of the molecule is CC1(C)CCCC(CN)(N2CCSC(C)(C)C2)C1. The van der Waals surface area contributed by atoms with Gasteiger partial charge in [0.15, 0.2) is 0 Å². The van der Waals surface area contributed by atoms with Crippen molar-refractivity contribution in [2.24, 2.45) is 11.1 Å². The maximum absolute atomic E-state index is 6.23. The molecule has 2 N–H and O–H groups in total. The molecular formula is C15H30N2S. The molecule has 106 valence electrons. The highest BCUT2D eigenvalue weighted by molar-refractivity contribution is 8.00. The van der Waals surface area contributed by atoms with Gasteiger partial charge in [0.05, 0.1) is 0 Å². The molecule has 0 spiro atoms. The van der Waals surface area contributed by atoms with Gasteiger partial charge in [-0.3, -0.25) is 4.90 Å². The lowest BCUT2D eigenvalue weighted by atomic mass is 9.67. The molecule has 0 aromatic rings. The minimum Gasteiger partial charge on any atom is -0.329 e. The van der Waals surface area contributed by atoms with E-state index in [1.807, 2.05) is 0 Å². The predicted octanol–water partition coefficient (Wildman–Crippen LogP) is 3.11. The van der Waals surface area contributed by atoms with Gasteiger partial charge in [0.2, 0.25) is 0 Å². The van der Waals surface area contributed by atoms with Crippen molar-refractivity contribution >= 4 is 11.8 Å². The van der Waals surface area contributed by atoms with Crippen molar-refractivity contribution in [3.05, 3.63) is 0 Å². The Balaban J connectivity index is 2.16. The smallest absolute Gasteiger partial charge is 0.0337 e. The molecule has 3 heteroatoms. The summed E-state index contributed by atoms with van der Waals surface area (Å²) in [7, 11) is 0. The van der Waals surface area contributed by atoms with E-state index in [9.17, 15) is 0 Å². The highest BCUT2D eigenvalue weighted by atomic mass is 32.2. The fraction of sp³-hybridized carbons (Fsp3) is 1.00. The normalized spacial score (nSPS) is 36.5. The van der Waals surface area contributed by atoms with Gasteiger partial charge in [-0.15, -0.1) is 0 Å². The van der Waals surface area contributed by atoms with Crippen LogP contribution in [0.3, 0.4) is 0 Å². The first-order valence-electron chi connectivity index (χ1n) is 7.38. The summed E-state index contributed by atoms with van der Waals surface area (Å²) in [6.07, 6.45) is 5.28. The third-order valence-corrected chi connectivity index (χ3v) is 6.08. The number of hydrogen-bond acceptors (Lipinski definition) is 3. The molecule has 0 aromatic heterocycles. The van der Waals surface area contributed by atoms with Crippen molar-refractivity contribution in [3.8, 4) is 0 Å². The first-order chi connectivity index (χ1) is 8.29. The molecule has 2 aliphatic rings. The molecule has 0 aromatic carbocycles. The summed E-state index contributed by atoms with van der Waals surface area (Å²) in [5, 5.41) is 0. The molecule has 1 saturated carbocycles. The van der Waals surface area contributed by atoms with E-state index >= 15 is 0 Å². The van der Waals surface area contributed by atoms with Crippen molar-refractivity contribution in [2.45, 2.75) is 63.7 Å². The van der Waals surface area contributed by atoms with Gasteiger partial charge >= 0.3 is 0 Å². The Hall–Kier alpha value is 0.270. The van der Waals surface area contributed by atoms with Crippen LogP contribution in [-0.2, 0) is 0 Å². The Bertz CT molecular complexity index is 301. The van der Waals surface area contributed by atoms with Crippen LogP contribution in [-0.4, -0.2) is 40.6 Å². The molecule has 18 heavy (non-hydrogen) atoms. The van der Waals surface area contributed by atoms with Gasteiger partial charge < -0.3 is 5.73 Å². The van der Waals surface area contributed by atoms with Gasteiger partial charge in [0, 0.05) is 35.7 Å². The summed E-state index contributed by atoms with van der Waals surface area (Å²) in [4.78, 5) is 2.73. The second kappa shape index (κ2) is 4.99. The third-order valence-electron chi connectivity index (χ3n) is 4.78. The van der Waals surface area contributed by atoms with Gasteiger partial charge in [-0.2, -0.15) is 11.8 Å². The van der Waals surface area contributed by atoms with Crippen LogP contribution in [0.2, 0.25) is 0 Å². The number of nitrogens with two attached hydrogens (primary N) is 1. The number of thioether (sulfide) groups is 1. The van der Waals surface area contributed by atoms with Crippen molar-refractivity contribution in [3.63, 3.8) is 0 Å². The molecule has 1 saturated heterocycles.